The molecule has 4 N–H and O–H groups in total. The molecular weight excluding hydrogens is 328 g/mol. The van der Waals surface area contributed by atoms with Crippen molar-refractivity contribution in [2.45, 2.75) is 75.1 Å². The summed E-state index contributed by atoms with van der Waals surface area (Å²) in [7, 11) is 0. The first-order valence-electron chi connectivity index (χ1n) is 7.33. The number of carboxylic acids is 2. The Bertz CT molecular complexity index is 294. The van der Waals surface area contributed by atoms with Gasteiger partial charge >= 0.3 is 11.9 Å². The highest BCUT2D eigenvalue weighted by molar-refractivity contribution is 7.82. The number of aliphatic carboxylic acids is 2. The van der Waals surface area contributed by atoms with E-state index < -0.39 is 28.2 Å². The van der Waals surface area contributed by atoms with E-state index in [1.54, 1.807) is 13.8 Å². The molecule has 1 aliphatic carbocycles. The minimum absolute atomic E-state index is 0.486. The molecule has 2 atom stereocenters. The van der Waals surface area contributed by atoms with Crippen LogP contribution in [0.1, 0.15) is 58.8 Å². The zero-order chi connectivity index (χ0) is 17.8. The summed E-state index contributed by atoms with van der Waals surface area (Å²) in [6, 6.07) is 0. The van der Waals surface area contributed by atoms with Crippen molar-refractivity contribution < 1.29 is 30.0 Å². The molecule has 0 aromatic carbocycles. The molecule has 1 fully saturated rings. The van der Waals surface area contributed by atoms with Crippen LogP contribution in [0, 0.1) is 0 Å². The Kier molecular flexibility index (Phi) is 14.1. The summed E-state index contributed by atoms with van der Waals surface area (Å²) in [5.41, 5.74) is 0. The average Bonchev–Trinajstić information content (AvgIpc) is 2.46. The van der Waals surface area contributed by atoms with E-state index in [4.69, 9.17) is 20.4 Å². The van der Waals surface area contributed by atoms with Gasteiger partial charge < -0.3 is 20.4 Å². The number of rotatable bonds is 4. The van der Waals surface area contributed by atoms with E-state index in [0.717, 1.165) is 19.3 Å². The maximum atomic E-state index is 9.85. The summed E-state index contributed by atoms with van der Waals surface area (Å²) < 4.78 is 0. The molecule has 2 unspecified atom stereocenters. The van der Waals surface area contributed by atoms with Gasteiger partial charge in [-0.3, -0.25) is 9.59 Å². The van der Waals surface area contributed by atoms with Crippen LogP contribution in [0.4, 0.5) is 0 Å². The number of thiol groups is 2. The van der Waals surface area contributed by atoms with Crippen molar-refractivity contribution in [3.8, 4) is 0 Å². The van der Waals surface area contributed by atoms with Crippen LogP contribution < -0.4 is 0 Å². The van der Waals surface area contributed by atoms with Gasteiger partial charge in [0.2, 0.25) is 0 Å². The van der Waals surface area contributed by atoms with Gasteiger partial charge in [-0.25, -0.2) is 0 Å². The van der Waals surface area contributed by atoms with Crippen LogP contribution >= 0.6 is 25.3 Å². The minimum atomic E-state index is -1.32. The van der Waals surface area contributed by atoms with Crippen LogP contribution in [0.5, 0.6) is 0 Å². The SMILES string of the molecule is CCC(S)C(=O)O.CCC(S)C(=O)O.OC1(O)CCCCC1. The van der Waals surface area contributed by atoms with Crippen molar-refractivity contribution in [1.82, 2.24) is 0 Å². The molecule has 0 bridgehead atoms. The number of hydrogen-bond acceptors (Lipinski definition) is 6. The molecule has 132 valence electrons. The van der Waals surface area contributed by atoms with Crippen molar-refractivity contribution >= 4 is 37.2 Å². The molecule has 0 aliphatic heterocycles. The molecule has 0 heterocycles. The van der Waals surface area contributed by atoms with Crippen molar-refractivity contribution in [1.29, 1.82) is 0 Å². The summed E-state index contributed by atoms with van der Waals surface area (Å²) in [5, 5.41) is 33.1. The molecule has 6 nitrogen and oxygen atoms in total. The molecule has 1 rings (SSSR count). The van der Waals surface area contributed by atoms with Gasteiger partial charge in [-0.15, -0.1) is 0 Å². The lowest BCUT2D eigenvalue weighted by Crippen LogP contribution is -2.30. The molecule has 1 saturated carbocycles. The zero-order valence-electron chi connectivity index (χ0n) is 13.1. The standard InChI is InChI=1S/C6H12O2.2C4H8O2S/c7-6(8)4-2-1-3-5-6;2*1-2-3(7)4(5)6/h7-8H,1-5H2;2*3,7H,2H2,1H3,(H,5,6). The average molecular weight is 357 g/mol. The summed E-state index contributed by atoms with van der Waals surface area (Å²) >= 11 is 7.45. The van der Waals surface area contributed by atoms with Crippen molar-refractivity contribution in [3.63, 3.8) is 0 Å². The molecule has 22 heavy (non-hydrogen) atoms. The fraction of sp³-hybridized carbons (Fsp3) is 0.857. The van der Waals surface area contributed by atoms with Gasteiger partial charge in [0, 0.05) is 12.8 Å². The van der Waals surface area contributed by atoms with E-state index in [2.05, 4.69) is 25.3 Å². The van der Waals surface area contributed by atoms with E-state index in [1.807, 2.05) is 0 Å². The molecule has 0 aromatic heterocycles. The third kappa shape index (κ3) is 14.5. The van der Waals surface area contributed by atoms with Crippen LogP contribution in [-0.2, 0) is 9.59 Å². The Morgan fingerprint density at radius 1 is 0.909 bits per heavy atom. The first-order chi connectivity index (χ1) is 10.1. The highest BCUT2D eigenvalue weighted by Gasteiger charge is 2.24. The normalized spacial score (nSPS) is 18.6. The number of carbonyl (C=O) groups is 2. The smallest absolute Gasteiger partial charge is 0.316 e. The molecule has 0 spiro atoms. The van der Waals surface area contributed by atoms with Gasteiger partial charge in [-0.1, -0.05) is 20.3 Å². The van der Waals surface area contributed by atoms with Crippen molar-refractivity contribution in [3.05, 3.63) is 0 Å². The number of carboxylic acid groups (broad SMARTS) is 2. The highest BCUT2D eigenvalue weighted by Crippen LogP contribution is 2.24. The highest BCUT2D eigenvalue weighted by atomic mass is 32.1. The molecule has 8 heteroatoms. The van der Waals surface area contributed by atoms with E-state index in [1.165, 1.54) is 0 Å². The van der Waals surface area contributed by atoms with Crippen molar-refractivity contribution in [2.24, 2.45) is 0 Å². The van der Waals surface area contributed by atoms with Crippen LogP contribution in [-0.4, -0.2) is 48.7 Å². The quantitative estimate of drug-likeness (QED) is 0.340. The van der Waals surface area contributed by atoms with Crippen LogP contribution in [0.15, 0.2) is 0 Å². The minimum Gasteiger partial charge on any atom is -0.480 e. The topological polar surface area (TPSA) is 115 Å². The van der Waals surface area contributed by atoms with Gasteiger partial charge in [0.05, 0.1) is 10.5 Å². The van der Waals surface area contributed by atoms with E-state index >= 15 is 0 Å². The molecule has 0 amide bonds. The Labute approximate surface area is 142 Å². The number of hydrogen-bond donors (Lipinski definition) is 6. The molecule has 0 saturated heterocycles. The third-order valence-electron chi connectivity index (χ3n) is 3.00. The van der Waals surface area contributed by atoms with Gasteiger partial charge in [-0.2, -0.15) is 25.3 Å². The fourth-order valence-corrected chi connectivity index (χ4v) is 1.47. The number of aliphatic hydroxyl groups is 2. The Hall–Kier alpha value is -0.440. The summed E-state index contributed by atoms with van der Waals surface area (Å²) in [5.74, 6) is -3.00. The van der Waals surface area contributed by atoms with E-state index in [9.17, 15) is 9.59 Å². The fourth-order valence-electron chi connectivity index (χ4n) is 1.47. The van der Waals surface area contributed by atoms with Crippen LogP contribution in [0.3, 0.4) is 0 Å². The maximum absolute atomic E-state index is 9.85. The molecule has 1 aliphatic rings. The third-order valence-corrected chi connectivity index (χ3v) is 4.17. The zero-order valence-corrected chi connectivity index (χ0v) is 14.9. The van der Waals surface area contributed by atoms with Crippen LogP contribution in [0.25, 0.3) is 0 Å². The van der Waals surface area contributed by atoms with Gasteiger partial charge in [0.15, 0.2) is 5.79 Å². The van der Waals surface area contributed by atoms with Crippen molar-refractivity contribution in [2.75, 3.05) is 0 Å². The second kappa shape index (κ2) is 13.0. The lowest BCUT2D eigenvalue weighted by molar-refractivity contribution is -0.180. The molecule has 0 aromatic rings. The largest absolute Gasteiger partial charge is 0.480 e. The predicted octanol–water partition coefficient (Wildman–Crippen LogP) is 2.19. The summed E-state index contributed by atoms with van der Waals surface area (Å²) in [6.07, 6.45) is 5.37. The Morgan fingerprint density at radius 3 is 1.32 bits per heavy atom. The lowest BCUT2D eigenvalue weighted by atomic mass is 9.95. The summed E-state index contributed by atoms with van der Waals surface area (Å²) in [4.78, 5) is 19.7. The molecule has 0 radical (unpaired) electrons. The van der Waals surface area contributed by atoms with E-state index in [0.29, 0.717) is 25.7 Å². The van der Waals surface area contributed by atoms with E-state index in [-0.39, 0.29) is 0 Å². The lowest BCUT2D eigenvalue weighted by Gasteiger charge is -2.25. The van der Waals surface area contributed by atoms with Gasteiger partial charge in [0.1, 0.15) is 0 Å². The van der Waals surface area contributed by atoms with Crippen LogP contribution in [0.2, 0.25) is 0 Å². The Balaban J connectivity index is 0. The second-order valence-corrected chi connectivity index (χ2v) is 6.31. The van der Waals surface area contributed by atoms with Gasteiger partial charge in [0.25, 0.3) is 0 Å². The maximum Gasteiger partial charge on any atom is 0.316 e. The first-order valence-corrected chi connectivity index (χ1v) is 8.37. The second-order valence-electron chi connectivity index (χ2n) is 5.07. The predicted molar refractivity (Wildman–Crippen MR) is 91.7 cm³/mol. The Morgan fingerprint density at radius 2 is 1.23 bits per heavy atom. The molecular formula is C14H28O6S2. The monoisotopic (exact) mass is 356 g/mol. The summed E-state index contributed by atoms with van der Waals surface area (Å²) in [6.45, 7) is 3.57. The van der Waals surface area contributed by atoms with Gasteiger partial charge in [-0.05, 0) is 25.7 Å². The first kappa shape index (κ1) is 23.8.